The number of amides is 3. The van der Waals surface area contributed by atoms with Gasteiger partial charge in [0.2, 0.25) is 11.8 Å². The lowest BCUT2D eigenvalue weighted by Gasteiger charge is -2.28. The molecular formula is C32H24ClN3O5. The van der Waals surface area contributed by atoms with Gasteiger partial charge in [-0.1, -0.05) is 48.0 Å². The Balaban J connectivity index is 1.30. The first kappa shape index (κ1) is 26.3. The number of oxazole rings is 1. The lowest BCUT2D eigenvalue weighted by atomic mass is 10.1. The molecule has 0 spiro atoms. The number of carbonyl (C=O) groups is 3. The van der Waals surface area contributed by atoms with Crippen molar-refractivity contribution < 1.29 is 23.5 Å². The highest BCUT2D eigenvalue weighted by atomic mass is 35.5. The van der Waals surface area contributed by atoms with E-state index in [1.54, 1.807) is 66.7 Å². The van der Waals surface area contributed by atoms with Gasteiger partial charge in [-0.2, -0.15) is 0 Å². The van der Waals surface area contributed by atoms with Crippen LogP contribution >= 0.6 is 11.6 Å². The number of methoxy groups -OCH3 is 1. The third-order valence-corrected chi connectivity index (χ3v) is 7.41. The van der Waals surface area contributed by atoms with Crippen LogP contribution in [0.25, 0.3) is 22.6 Å². The molecule has 41 heavy (non-hydrogen) atoms. The summed E-state index contributed by atoms with van der Waals surface area (Å²) in [7, 11) is 1.51. The number of aromatic nitrogens is 1. The summed E-state index contributed by atoms with van der Waals surface area (Å²) in [6, 6.07) is 27.0. The molecule has 1 aliphatic rings. The summed E-state index contributed by atoms with van der Waals surface area (Å²) in [5.74, 6) is -0.374. The highest BCUT2D eigenvalue weighted by Gasteiger charge is 2.44. The Hall–Kier alpha value is -4.95. The third-order valence-electron chi connectivity index (χ3n) is 7.04. The molecule has 204 valence electrons. The molecule has 0 aliphatic carbocycles. The summed E-state index contributed by atoms with van der Waals surface area (Å²) >= 11 is 6.42. The Morgan fingerprint density at radius 3 is 2.51 bits per heavy atom. The number of hydrogen-bond donors (Lipinski definition) is 0. The minimum Gasteiger partial charge on any atom is -0.497 e. The van der Waals surface area contributed by atoms with Gasteiger partial charge in [0.15, 0.2) is 5.58 Å². The molecule has 9 heteroatoms. The number of fused-ring (bicyclic) bond motifs is 1. The number of para-hydroxylation sites is 2. The molecule has 1 unspecified atom stereocenters. The van der Waals surface area contributed by atoms with Gasteiger partial charge in [0.05, 0.1) is 19.2 Å². The Kier molecular flexibility index (Phi) is 6.99. The molecule has 0 N–H and O–H groups in total. The lowest BCUT2D eigenvalue weighted by molar-refractivity contribution is -0.122. The van der Waals surface area contributed by atoms with Crippen LogP contribution in [-0.2, 0) is 16.1 Å². The fourth-order valence-corrected chi connectivity index (χ4v) is 5.13. The highest BCUT2D eigenvalue weighted by molar-refractivity contribution is 6.31. The van der Waals surface area contributed by atoms with E-state index in [0.29, 0.717) is 44.6 Å². The summed E-state index contributed by atoms with van der Waals surface area (Å²) in [4.78, 5) is 47.9. The maximum Gasteiger partial charge on any atom is 0.257 e. The highest BCUT2D eigenvalue weighted by Crippen LogP contribution is 2.31. The molecule has 5 aromatic rings. The van der Waals surface area contributed by atoms with Gasteiger partial charge in [0.1, 0.15) is 17.3 Å². The topological polar surface area (TPSA) is 92.9 Å². The molecule has 0 saturated carbocycles. The zero-order valence-electron chi connectivity index (χ0n) is 22.0. The number of hydrogen-bond acceptors (Lipinski definition) is 6. The number of rotatable bonds is 7. The summed E-state index contributed by atoms with van der Waals surface area (Å²) < 4.78 is 11.1. The fraction of sp³-hybridized carbons (Fsp3) is 0.125. The van der Waals surface area contributed by atoms with Crippen molar-refractivity contribution in [3.63, 3.8) is 0 Å². The van der Waals surface area contributed by atoms with Crippen LogP contribution < -0.4 is 9.64 Å². The molecule has 2 heterocycles. The summed E-state index contributed by atoms with van der Waals surface area (Å²) in [6.45, 7) is 0.0455. The van der Waals surface area contributed by atoms with Crippen LogP contribution in [0.15, 0.2) is 101 Å². The van der Waals surface area contributed by atoms with E-state index in [1.807, 2.05) is 30.3 Å². The van der Waals surface area contributed by atoms with Gasteiger partial charge in [-0.25, -0.2) is 9.88 Å². The Morgan fingerprint density at radius 2 is 1.76 bits per heavy atom. The number of halogens is 1. The molecule has 1 saturated heterocycles. The predicted molar refractivity (Wildman–Crippen MR) is 155 cm³/mol. The van der Waals surface area contributed by atoms with E-state index in [2.05, 4.69) is 4.98 Å². The van der Waals surface area contributed by atoms with Crippen molar-refractivity contribution in [3.05, 3.63) is 113 Å². The first-order chi connectivity index (χ1) is 19.9. The second kappa shape index (κ2) is 10.9. The van der Waals surface area contributed by atoms with E-state index in [9.17, 15) is 14.4 Å². The van der Waals surface area contributed by atoms with E-state index in [-0.39, 0.29) is 13.0 Å². The van der Waals surface area contributed by atoms with E-state index >= 15 is 0 Å². The zero-order chi connectivity index (χ0) is 28.5. The first-order valence-corrected chi connectivity index (χ1v) is 13.3. The molecule has 1 aromatic heterocycles. The summed E-state index contributed by atoms with van der Waals surface area (Å²) in [5.41, 5.74) is 3.49. The van der Waals surface area contributed by atoms with Gasteiger partial charge in [-0.3, -0.25) is 14.4 Å². The molecule has 1 aliphatic heterocycles. The first-order valence-electron chi connectivity index (χ1n) is 12.9. The van der Waals surface area contributed by atoms with Gasteiger partial charge < -0.3 is 14.1 Å². The monoisotopic (exact) mass is 565 g/mol. The normalized spacial score (nSPS) is 15.0. The molecule has 3 amide bonds. The second-order valence-corrected chi connectivity index (χ2v) is 9.98. The van der Waals surface area contributed by atoms with E-state index in [4.69, 9.17) is 20.8 Å². The Labute approximate surface area is 240 Å². The van der Waals surface area contributed by atoms with E-state index in [0.717, 1.165) is 10.4 Å². The van der Waals surface area contributed by atoms with Gasteiger partial charge in [0, 0.05) is 22.7 Å². The average molecular weight is 566 g/mol. The van der Waals surface area contributed by atoms with Crippen molar-refractivity contribution in [1.82, 2.24) is 9.88 Å². The average Bonchev–Trinajstić information content (AvgIpc) is 3.56. The van der Waals surface area contributed by atoms with Crippen molar-refractivity contribution in [3.8, 4) is 17.2 Å². The van der Waals surface area contributed by atoms with E-state index < -0.39 is 23.8 Å². The molecule has 1 atom stereocenters. The van der Waals surface area contributed by atoms with Crippen LogP contribution in [0.4, 0.5) is 5.69 Å². The van der Waals surface area contributed by atoms with Crippen LogP contribution in [0, 0.1) is 0 Å². The standard InChI is InChI=1S/C32H24ClN3O5/c1-40-24-9-6-8-21(17-24)31(38)35(19-22-7-2-3-10-25(22)33)27-18-29(37)36(32(27)39)23-15-13-20(14-16-23)30-34-26-11-4-5-12-28(26)41-30/h2-17,27H,18-19H2,1H3. The largest absolute Gasteiger partial charge is 0.497 e. The predicted octanol–water partition coefficient (Wildman–Crippen LogP) is 6.13. The van der Waals surface area contributed by atoms with Gasteiger partial charge in [-0.15, -0.1) is 0 Å². The number of nitrogens with zero attached hydrogens (tertiary/aromatic N) is 3. The number of carbonyl (C=O) groups excluding carboxylic acids is 3. The van der Waals surface area contributed by atoms with Crippen molar-refractivity contribution in [1.29, 1.82) is 0 Å². The van der Waals surface area contributed by atoms with Crippen LogP contribution in [0.2, 0.25) is 5.02 Å². The molecule has 6 rings (SSSR count). The van der Waals surface area contributed by atoms with Crippen molar-refractivity contribution in [2.24, 2.45) is 0 Å². The lowest BCUT2D eigenvalue weighted by Crippen LogP contribution is -2.45. The molecule has 8 nitrogen and oxygen atoms in total. The minimum atomic E-state index is -1.02. The van der Waals surface area contributed by atoms with Crippen LogP contribution in [0.3, 0.4) is 0 Å². The summed E-state index contributed by atoms with van der Waals surface area (Å²) in [5, 5.41) is 0.458. The smallest absolute Gasteiger partial charge is 0.257 e. The molecule has 1 fully saturated rings. The molecular weight excluding hydrogens is 542 g/mol. The fourth-order valence-electron chi connectivity index (χ4n) is 4.94. The molecule has 0 bridgehead atoms. The quantitative estimate of drug-likeness (QED) is 0.220. The van der Waals surface area contributed by atoms with Gasteiger partial charge in [-0.05, 0) is 66.2 Å². The van der Waals surface area contributed by atoms with Crippen molar-refractivity contribution >= 4 is 46.1 Å². The van der Waals surface area contributed by atoms with Gasteiger partial charge >= 0.3 is 0 Å². The Morgan fingerprint density at radius 1 is 1.00 bits per heavy atom. The van der Waals surface area contributed by atoms with Crippen LogP contribution in [0.5, 0.6) is 5.75 Å². The second-order valence-electron chi connectivity index (χ2n) is 9.58. The SMILES string of the molecule is COc1cccc(C(=O)N(Cc2ccccc2Cl)C2CC(=O)N(c3ccc(-c4nc5ccccc5o4)cc3)C2=O)c1. The van der Waals surface area contributed by atoms with Crippen molar-refractivity contribution in [2.75, 3.05) is 12.0 Å². The minimum absolute atomic E-state index is 0.0455. The zero-order valence-corrected chi connectivity index (χ0v) is 22.7. The van der Waals surface area contributed by atoms with E-state index in [1.165, 1.54) is 12.0 Å². The van der Waals surface area contributed by atoms with Crippen LogP contribution in [0.1, 0.15) is 22.3 Å². The number of imide groups is 1. The number of anilines is 1. The maximum atomic E-state index is 13.8. The maximum absolute atomic E-state index is 13.8. The van der Waals surface area contributed by atoms with Crippen LogP contribution in [-0.4, -0.2) is 40.8 Å². The molecule has 4 aromatic carbocycles. The number of benzene rings is 4. The van der Waals surface area contributed by atoms with Gasteiger partial charge in [0.25, 0.3) is 11.8 Å². The summed E-state index contributed by atoms with van der Waals surface area (Å²) in [6.07, 6.45) is -0.161. The molecule has 0 radical (unpaired) electrons. The third kappa shape index (κ3) is 5.05. The Bertz CT molecular complexity index is 1750. The van der Waals surface area contributed by atoms with Crippen molar-refractivity contribution in [2.45, 2.75) is 19.0 Å². The number of ether oxygens (including phenoxy) is 1.